The summed E-state index contributed by atoms with van der Waals surface area (Å²) in [6, 6.07) is 1.48. The molecule has 1 saturated carbocycles. The first-order valence-corrected chi connectivity index (χ1v) is 9.34. The molecule has 1 aliphatic rings. The van der Waals surface area contributed by atoms with E-state index in [4.69, 9.17) is 18.9 Å². The Labute approximate surface area is 164 Å². The van der Waals surface area contributed by atoms with Gasteiger partial charge in [-0.2, -0.15) is 0 Å². The Morgan fingerprint density at radius 1 is 1.25 bits per heavy atom. The zero-order valence-electron chi connectivity index (χ0n) is 16.7. The van der Waals surface area contributed by atoms with Gasteiger partial charge in [0, 0.05) is 32.2 Å². The highest BCUT2D eigenvalue weighted by atomic mass is 16.6. The van der Waals surface area contributed by atoms with Crippen LogP contribution >= 0.6 is 0 Å². The monoisotopic (exact) mass is 393 g/mol. The molecule has 0 radical (unpaired) electrons. The molecule has 0 aliphatic heterocycles. The molecule has 1 heterocycles. The van der Waals surface area contributed by atoms with E-state index in [-0.39, 0.29) is 23.6 Å². The molecule has 0 unspecified atom stereocenters. The molecule has 2 rings (SSSR count). The lowest BCUT2D eigenvalue weighted by atomic mass is 10.0. The van der Waals surface area contributed by atoms with Crippen molar-refractivity contribution in [2.75, 3.05) is 20.3 Å². The molecule has 0 bridgehead atoms. The van der Waals surface area contributed by atoms with Crippen molar-refractivity contribution >= 4 is 17.7 Å². The summed E-state index contributed by atoms with van der Waals surface area (Å²) in [6.45, 7) is 5.59. The molecule has 0 spiro atoms. The normalized spacial score (nSPS) is 15.4. The standard InChI is InChI=1S/C20H27NO7/c1-12(20(24)27-13(2)10-26-11-15-5-6-15)9-16(23)18-19(28-14(3)22)17(25-4)7-8-21-18/h7-8,12-13,15H,5-6,9-11H2,1-4H3/t12-,13+/m1/s1. The number of hydrogen-bond donors (Lipinski definition) is 0. The van der Waals surface area contributed by atoms with Crippen molar-refractivity contribution < 1.29 is 33.3 Å². The molecule has 1 aromatic rings. The second-order valence-electron chi connectivity index (χ2n) is 7.04. The quantitative estimate of drug-likeness (QED) is 0.418. The van der Waals surface area contributed by atoms with Gasteiger partial charge >= 0.3 is 11.9 Å². The molecule has 0 aromatic carbocycles. The molecule has 154 valence electrons. The van der Waals surface area contributed by atoms with Crippen molar-refractivity contribution in [3.8, 4) is 11.5 Å². The number of hydrogen-bond acceptors (Lipinski definition) is 8. The first kappa shape index (κ1) is 21.8. The van der Waals surface area contributed by atoms with Crippen LogP contribution in [0, 0.1) is 11.8 Å². The van der Waals surface area contributed by atoms with Crippen molar-refractivity contribution in [3.63, 3.8) is 0 Å². The Morgan fingerprint density at radius 3 is 2.57 bits per heavy atom. The Hall–Kier alpha value is -2.48. The smallest absolute Gasteiger partial charge is 0.309 e. The number of Topliss-reactive ketones (excluding diaryl/α,β-unsaturated/α-hetero) is 1. The lowest BCUT2D eigenvalue weighted by Crippen LogP contribution is -2.26. The molecule has 1 aromatic heterocycles. The molecular formula is C20H27NO7. The number of carbonyl (C=O) groups is 3. The van der Waals surface area contributed by atoms with E-state index in [1.165, 1.54) is 39.1 Å². The van der Waals surface area contributed by atoms with Crippen LogP contribution in [0.15, 0.2) is 12.3 Å². The average molecular weight is 393 g/mol. The predicted molar refractivity (Wildman–Crippen MR) is 99.3 cm³/mol. The lowest BCUT2D eigenvalue weighted by Gasteiger charge is -2.17. The summed E-state index contributed by atoms with van der Waals surface area (Å²) in [5.74, 6) is -1.43. The summed E-state index contributed by atoms with van der Waals surface area (Å²) in [4.78, 5) is 40.2. The SMILES string of the molecule is COc1ccnc(C(=O)C[C@@H](C)C(=O)O[C@@H](C)COCC2CC2)c1OC(C)=O. The van der Waals surface area contributed by atoms with E-state index in [0.29, 0.717) is 19.1 Å². The van der Waals surface area contributed by atoms with Gasteiger partial charge in [-0.1, -0.05) is 6.92 Å². The van der Waals surface area contributed by atoms with E-state index in [0.717, 1.165) is 0 Å². The summed E-state index contributed by atoms with van der Waals surface area (Å²) in [7, 11) is 1.39. The molecule has 2 atom stereocenters. The van der Waals surface area contributed by atoms with E-state index in [2.05, 4.69) is 4.98 Å². The van der Waals surface area contributed by atoms with Gasteiger partial charge < -0.3 is 18.9 Å². The minimum absolute atomic E-state index is 0.0510. The predicted octanol–water partition coefficient (Wildman–Crippen LogP) is 2.58. The molecule has 0 saturated heterocycles. The molecule has 1 aliphatic carbocycles. The van der Waals surface area contributed by atoms with Gasteiger partial charge in [0.1, 0.15) is 6.10 Å². The number of methoxy groups -OCH3 is 1. The number of rotatable bonds is 11. The van der Waals surface area contributed by atoms with Crippen LogP contribution in [0.1, 0.15) is 50.5 Å². The third kappa shape index (κ3) is 6.60. The highest BCUT2D eigenvalue weighted by molar-refractivity contribution is 5.99. The summed E-state index contributed by atoms with van der Waals surface area (Å²) >= 11 is 0. The number of carbonyl (C=O) groups excluding carboxylic acids is 3. The van der Waals surface area contributed by atoms with Gasteiger partial charge in [0.15, 0.2) is 17.2 Å². The first-order valence-electron chi connectivity index (χ1n) is 9.34. The van der Waals surface area contributed by atoms with Gasteiger partial charge in [0.2, 0.25) is 5.75 Å². The molecule has 8 heteroatoms. The summed E-state index contributed by atoms with van der Waals surface area (Å²) in [5.41, 5.74) is -0.0602. The summed E-state index contributed by atoms with van der Waals surface area (Å²) in [6.07, 6.45) is 3.24. The zero-order valence-corrected chi connectivity index (χ0v) is 16.7. The Balaban J connectivity index is 1.93. The number of ether oxygens (including phenoxy) is 4. The fourth-order valence-corrected chi connectivity index (χ4v) is 2.52. The molecule has 0 N–H and O–H groups in total. The van der Waals surface area contributed by atoms with Crippen molar-refractivity contribution in [1.82, 2.24) is 4.98 Å². The summed E-state index contributed by atoms with van der Waals surface area (Å²) in [5, 5.41) is 0. The average Bonchev–Trinajstić information content (AvgIpc) is 3.45. The molecule has 8 nitrogen and oxygen atoms in total. The van der Waals surface area contributed by atoms with Gasteiger partial charge in [0.05, 0.1) is 19.6 Å². The van der Waals surface area contributed by atoms with Crippen LogP contribution in [0.2, 0.25) is 0 Å². The van der Waals surface area contributed by atoms with Crippen LogP contribution in [-0.4, -0.2) is 49.1 Å². The third-order valence-electron chi connectivity index (χ3n) is 4.21. The number of aromatic nitrogens is 1. The number of pyridine rings is 1. The van der Waals surface area contributed by atoms with E-state index < -0.39 is 29.7 Å². The van der Waals surface area contributed by atoms with E-state index in [1.807, 2.05) is 0 Å². The Kier molecular flexibility index (Phi) is 7.92. The third-order valence-corrected chi connectivity index (χ3v) is 4.21. The minimum atomic E-state index is -0.684. The van der Waals surface area contributed by atoms with Gasteiger partial charge in [-0.25, -0.2) is 4.98 Å². The van der Waals surface area contributed by atoms with Gasteiger partial charge in [-0.15, -0.1) is 0 Å². The zero-order chi connectivity index (χ0) is 20.7. The van der Waals surface area contributed by atoms with Crippen molar-refractivity contribution in [1.29, 1.82) is 0 Å². The molecule has 0 amide bonds. The van der Waals surface area contributed by atoms with Crippen LogP contribution in [0.25, 0.3) is 0 Å². The van der Waals surface area contributed by atoms with Crippen LogP contribution in [-0.2, 0) is 19.1 Å². The number of esters is 2. The first-order chi connectivity index (χ1) is 13.3. The fraction of sp³-hybridized carbons (Fsp3) is 0.600. The number of nitrogens with zero attached hydrogens (tertiary/aromatic N) is 1. The highest BCUT2D eigenvalue weighted by Gasteiger charge is 2.26. The Bertz CT molecular complexity index is 715. The topological polar surface area (TPSA) is 101 Å². The lowest BCUT2D eigenvalue weighted by molar-refractivity contribution is -0.155. The minimum Gasteiger partial charge on any atom is -0.493 e. The van der Waals surface area contributed by atoms with Crippen molar-refractivity contribution in [3.05, 3.63) is 18.0 Å². The highest BCUT2D eigenvalue weighted by Crippen LogP contribution is 2.31. The van der Waals surface area contributed by atoms with Gasteiger partial charge in [0.25, 0.3) is 0 Å². The molecule has 1 fully saturated rings. The van der Waals surface area contributed by atoms with E-state index in [9.17, 15) is 14.4 Å². The number of ketones is 1. The van der Waals surface area contributed by atoms with Crippen molar-refractivity contribution in [2.24, 2.45) is 11.8 Å². The maximum absolute atomic E-state index is 12.6. The van der Waals surface area contributed by atoms with E-state index in [1.54, 1.807) is 13.8 Å². The van der Waals surface area contributed by atoms with Gasteiger partial charge in [-0.3, -0.25) is 14.4 Å². The largest absolute Gasteiger partial charge is 0.493 e. The summed E-state index contributed by atoms with van der Waals surface area (Å²) < 4.78 is 21.1. The molecular weight excluding hydrogens is 366 g/mol. The maximum Gasteiger partial charge on any atom is 0.309 e. The molecule has 28 heavy (non-hydrogen) atoms. The van der Waals surface area contributed by atoms with Crippen molar-refractivity contribution in [2.45, 2.75) is 46.1 Å². The van der Waals surface area contributed by atoms with Gasteiger partial charge in [-0.05, 0) is 25.7 Å². The maximum atomic E-state index is 12.6. The van der Waals surface area contributed by atoms with Crippen LogP contribution in [0.5, 0.6) is 11.5 Å². The second kappa shape index (κ2) is 10.2. The fourth-order valence-electron chi connectivity index (χ4n) is 2.52. The van der Waals surface area contributed by atoms with Crippen LogP contribution in [0.4, 0.5) is 0 Å². The Morgan fingerprint density at radius 2 is 1.96 bits per heavy atom. The van der Waals surface area contributed by atoms with Crippen LogP contribution in [0.3, 0.4) is 0 Å². The van der Waals surface area contributed by atoms with E-state index >= 15 is 0 Å². The second-order valence-corrected chi connectivity index (χ2v) is 7.04. The van der Waals surface area contributed by atoms with Crippen LogP contribution < -0.4 is 9.47 Å².